The first-order chi connectivity index (χ1) is 6.11. The summed E-state index contributed by atoms with van der Waals surface area (Å²) in [6.07, 6.45) is -5.76. The van der Waals surface area contributed by atoms with Gasteiger partial charge in [-0.2, -0.15) is 0 Å². The third-order valence-corrected chi connectivity index (χ3v) is 2.11. The second-order valence-corrected chi connectivity index (χ2v) is 2.93. The van der Waals surface area contributed by atoms with Gasteiger partial charge in [-0.05, 0) is 0 Å². The van der Waals surface area contributed by atoms with Crippen molar-refractivity contribution >= 4 is 0 Å². The number of ether oxygens (including phenoxy) is 2. The van der Waals surface area contributed by atoms with E-state index in [0.29, 0.717) is 0 Å². The van der Waals surface area contributed by atoms with Crippen molar-refractivity contribution in [3.8, 4) is 0 Å². The lowest BCUT2D eigenvalue weighted by molar-refractivity contribution is -0.290. The van der Waals surface area contributed by atoms with Crippen molar-refractivity contribution in [2.75, 3.05) is 13.7 Å². The maximum atomic E-state index is 9.44. The Hall–Kier alpha value is -0.240. The molecule has 0 spiro atoms. The minimum atomic E-state index is -1.44. The third kappa shape index (κ3) is 1.98. The van der Waals surface area contributed by atoms with Crippen LogP contribution < -0.4 is 0 Å². The minimum Gasteiger partial charge on any atom is -0.394 e. The van der Waals surface area contributed by atoms with Crippen LogP contribution in [0.5, 0.6) is 0 Å². The first-order valence-electron chi connectivity index (χ1n) is 3.95. The molecule has 6 nitrogen and oxygen atoms in total. The number of rotatable bonds is 2. The smallest absolute Gasteiger partial charge is 0.184 e. The zero-order chi connectivity index (χ0) is 10.0. The molecule has 0 amide bonds. The second kappa shape index (κ2) is 4.32. The lowest BCUT2D eigenvalue weighted by Crippen LogP contribution is -2.59. The summed E-state index contributed by atoms with van der Waals surface area (Å²) in [5, 5.41) is 36.6. The van der Waals surface area contributed by atoms with Crippen LogP contribution in [-0.2, 0) is 9.47 Å². The van der Waals surface area contributed by atoms with Crippen LogP contribution in [0, 0.1) is 0 Å². The standard InChI is InChI=1S/C7H14O6/c1-12-6-4(9)3(2-8)13-7(11)5(6)10/h3-11H,2H2,1H3/t3?,4-,5?,6+,7-/m1/s1. The molecule has 1 aliphatic rings. The summed E-state index contributed by atoms with van der Waals surface area (Å²) < 4.78 is 9.48. The Labute approximate surface area is 75.3 Å². The van der Waals surface area contributed by atoms with Gasteiger partial charge in [0.05, 0.1) is 6.61 Å². The largest absolute Gasteiger partial charge is 0.394 e. The Morgan fingerprint density at radius 2 is 1.85 bits per heavy atom. The van der Waals surface area contributed by atoms with Crippen molar-refractivity contribution in [1.29, 1.82) is 0 Å². The van der Waals surface area contributed by atoms with Gasteiger partial charge in [-0.25, -0.2) is 0 Å². The van der Waals surface area contributed by atoms with Gasteiger partial charge in [0, 0.05) is 7.11 Å². The van der Waals surface area contributed by atoms with Gasteiger partial charge in [0.2, 0.25) is 0 Å². The Bertz CT molecular complexity index is 163. The van der Waals surface area contributed by atoms with Gasteiger partial charge < -0.3 is 29.9 Å². The van der Waals surface area contributed by atoms with E-state index < -0.39 is 37.3 Å². The topological polar surface area (TPSA) is 99.4 Å². The van der Waals surface area contributed by atoms with Crippen LogP contribution in [0.3, 0.4) is 0 Å². The highest BCUT2D eigenvalue weighted by molar-refractivity contribution is 4.89. The molecular formula is C7H14O6. The van der Waals surface area contributed by atoms with E-state index >= 15 is 0 Å². The average molecular weight is 194 g/mol. The maximum Gasteiger partial charge on any atom is 0.184 e. The molecule has 0 radical (unpaired) electrons. The van der Waals surface area contributed by atoms with E-state index in [0.717, 1.165) is 0 Å². The molecule has 78 valence electrons. The van der Waals surface area contributed by atoms with E-state index in [1.165, 1.54) is 7.11 Å². The number of methoxy groups -OCH3 is 1. The molecule has 2 unspecified atom stereocenters. The van der Waals surface area contributed by atoms with Gasteiger partial charge >= 0.3 is 0 Å². The highest BCUT2D eigenvalue weighted by atomic mass is 16.6. The number of hydrogen-bond donors (Lipinski definition) is 4. The van der Waals surface area contributed by atoms with E-state index in [4.69, 9.17) is 19.7 Å². The van der Waals surface area contributed by atoms with Crippen LogP contribution in [-0.4, -0.2) is 64.8 Å². The lowest BCUT2D eigenvalue weighted by Gasteiger charge is -2.39. The molecule has 1 aliphatic heterocycles. The fourth-order valence-corrected chi connectivity index (χ4v) is 1.35. The Morgan fingerprint density at radius 3 is 2.31 bits per heavy atom. The molecule has 1 rings (SSSR count). The highest BCUT2D eigenvalue weighted by Gasteiger charge is 2.43. The molecule has 0 bridgehead atoms. The van der Waals surface area contributed by atoms with Crippen molar-refractivity contribution in [3.05, 3.63) is 0 Å². The Balaban J connectivity index is 2.69. The quantitative estimate of drug-likeness (QED) is 0.386. The van der Waals surface area contributed by atoms with E-state index in [9.17, 15) is 10.2 Å². The van der Waals surface area contributed by atoms with Crippen molar-refractivity contribution in [3.63, 3.8) is 0 Å². The first-order valence-corrected chi connectivity index (χ1v) is 3.95. The van der Waals surface area contributed by atoms with E-state index in [1.54, 1.807) is 0 Å². The van der Waals surface area contributed by atoms with Crippen molar-refractivity contribution in [1.82, 2.24) is 0 Å². The summed E-state index contributed by atoms with van der Waals surface area (Å²) in [6.45, 7) is -0.440. The Morgan fingerprint density at radius 1 is 1.23 bits per heavy atom. The fourth-order valence-electron chi connectivity index (χ4n) is 1.35. The van der Waals surface area contributed by atoms with Crippen molar-refractivity contribution < 1.29 is 29.9 Å². The molecule has 1 heterocycles. The summed E-state index contributed by atoms with van der Waals surface area (Å²) in [4.78, 5) is 0. The van der Waals surface area contributed by atoms with Crippen LogP contribution >= 0.6 is 0 Å². The van der Waals surface area contributed by atoms with E-state index in [2.05, 4.69) is 0 Å². The molecule has 5 atom stereocenters. The molecule has 0 saturated carbocycles. The van der Waals surface area contributed by atoms with Crippen molar-refractivity contribution in [2.45, 2.75) is 30.7 Å². The normalized spacial score (nSPS) is 46.4. The molecule has 1 fully saturated rings. The van der Waals surface area contributed by atoms with Crippen LogP contribution in [0.25, 0.3) is 0 Å². The average Bonchev–Trinajstić information content (AvgIpc) is 2.12. The summed E-state index contributed by atoms with van der Waals surface area (Å²) in [5.41, 5.74) is 0. The molecule has 6 heteroatoms. The van der Waals surface area contributed by atoms with E-state index in [1.807, 2.05) is 0 Å². The number of hydrogen-bond acceptors (Lipinski definition) is 6. The zero-order valence-electron chi connectivity index (χ0n) is 7.20. The first kappa shape index (κ1) is 10.8. The van der Waals surface area contributed by atoms with Crippen LogP contribution in [0.4, 0.5) is 0 Å². The molecule has 4 N–H and O–H groups in total. The van der Waals surface area contributed by atoms with Crippen LogP contribution in [0.15, 0.2) is 0 Å². The molecule has 13 heavy (non-hydrogen) atoms. The summed E-state index contributed by atoms with van der Waals surface area (Å²) >= 11 is 0. The highest BCUT2D eigenvalue weighted by Crippen LogP contribution is 2.21. The number of aliphatic hydroxyl groups is 4. The lowest BCUT2D eigenvalue weighted by atomic mass is 9.99. The monoisotopic (exact) mass is 194 g/mol. The molecule has 0 aliphatic carbocycles. The zero-order valence-corrected chi connectivity index (χ0v) is 7.20. The second-order valence-electron chi connectivity index (χ2n) is 2.93. The molecule has 0 aromatic heterocycles. The molecular weight excluding hydrogens is 180 g/mol. The van der Waals surface area contributed by atoms with Gasteiger partial charge in [0.15, 0.2) is 6.29 Å². The molecule has 0 aromatic rings. The van der Waals surface area contributed by atoms with Gasteiger partial charge in [0.1, 0.15) is 24.4 Å². The van der Waals surface area contributed by atoms with Crippen molar-refractivity contribution in [2.24, 2.45) is 0 Å². The van der Waals surface area contributed by atoms with Crippen LogP contribution in [0.2, 0.25) is 0 Å². The van der Waals surface area contributed by atoms with E-state index in [-0.39, 0.29) is 0 Å². The summed E-state index contributed by atoms with van der Waals surface area (Å²) in [5.74, 6) is 0. The fraction of sp³-hybridized carbons (Fsp3) is 1.00. The van der Waals surface area contributed by atoms with Gasteiger partial charge in [-0.1, -0.05) is 0 Å². The van der Waals surface area contributed by atoms with Crippen LogP contribution in [0.1, 0.15) is 0 Å². The van der Waals surface area contributed by atoms with Gasteiger partial charge in [-0.3, -0.25) is 0 Å². The molecule has 0 aromatic carbocycles. The predicted octanol–water partition coefficient (Wildman–Crippen LogP) is -2.57. The summed E-state index contributed by atoms with van der Waals surface area (Å²) in [6, 6.07) is 0. The SMILES string of the molecule is CO[C@@H]1C(O)[C@H](O)OC(CO)[C@H]1O. The minimum absolute atomic E-state index is 0.440. The number of aliphatic hydroxyl groups excluding tert-OH is 4. The maximum absolute atomic E-state index is 9.44. The summed E-state index contributed by atoms with van der Waals surface area (Å²) in [7, 11) is 1.30. The Kier molecular flexibility index (Phi) is 3.60. The third-order valence-electron chi connectivity index (χ3n) is 2.11. The van der Waals surface area contributed by atoms with Gasteiger partial charge in [0.25, 0.3) is 0 Å². The van der Waals surface area contributed by atoms with Gasteiger partial charge in [-0.15, -0.1) is 0 Å². The predicted molar refractivity (Wildman–Crippen MR) is 40.8 cm³/mol. The molecule has 1 saturated heterocycles.